The molecule has 0 spiro atoms. The zero-order chi connectivity index (χ0) is 4.50. The van der Waals surface area contributed by atoms with Crippen molar-refractivity contribution in [1.29, 1.82) is 0 Å². The van der Waals surface area contributed by atoms with E-state index >= 15 is 0 Å². The molecular weight excluding hydrogens is 262 g/mol. The molecule has 8 heavy (non-hydrogen) atoms. The first-order chi connectivity index (χ1) is 2.00. The van der Waals surface area contributed by atoms with Gasteiger partial charge in [0.2, 0.25) is 0 Å². The summed E-state index contributed by atoms with van der Waals surface area (Å²) in [6.45, 7) is 0. The zero-order valence-electron chi connectivity index (χ0n) is 3.51. The summed E-state index contributed by atoms with van der Waals surface area (Å²) < 4.78 is 0. The zero-order valence-corrected chi connectivity index (χ0v) is 8.63. The summed E-state index contributed by atoms with van der Waals surface area (Å²) in [7, 11) is 16.9. The Morgan fingerprint density at radius 3 is 0.625 bits per heavy atom. The molecule has 0 aromatic rings. The Kier molecular flexibility index (Phi) is 24.3. The van der Waals surface area contributed by atoms with E-state index in [2.05, 4.69) is 0 Å². The van der Waals surface area contributed by atoms with Crippen molar-refractivity contribution < 1.29 is 16.4 Å². The second-order valence-electron chi connectivity index (χ2n) is 0.429. The van der Waals surface area contributed by atoms with Gasteiger partial charge in [0.05, 0.1) is 0 Å². The standard InChI is InChI=1S/Cl4Ge.3H2O/c1-5(2,3)4;;;/h;3*1H2. The summed E-state index contributed by atoms with van der Waals surface area (Å²) in [5, 5.41) is 0. The summed E-state index contributed by atoms with van der Waals surface area (Å²) in [5.41, 5.74) is 0. The van der Waals surface area contributed by atoms with E-state index in [0.29, 0.717) is 0 Å². The molecule has 0 aliphatic carbocycles. The molecule has 56 valence electrons. The molecule has 6 N–H and O–H groups in total. The molecule has 0 bridgehead atoms. The van der Waals surface area contributed by atoms with E-state index in [1.165, 1.54) is 0 Å². The van der Waals surface area contributed by atoms with Gasteiger partial charge < -0.3 is 16.4 Å². The van der Waals surface area contributed by atoms with Crippen molar-refractivity contribution in [2.75, 3.05) is 0 Å². The number of hydrogen-bond donors (Lipinski definition) is 0. The maximum atomic E-state index is 5.01. The summed E-state index contributed by atoms with van der Waals surface area (Å²) in [4.78, 5) is 0. The first-order valence-corrected chi connectivity index (χ1v) is 11.8. The van der Waals surface area contributed by atoms with Crippen LogP contribution in [0.4, 0.5) is 0 Å². The van der Waals surface area contributed by atoms with Crippen molar-refractivity contribution in [2.24, 2.45) is 0 Å². The molecule has 0 radical (unpaired) electrons. The Balaban J connectivity index is -0.0000000267. The van der Waals surface area contributed by atoms with Crippen LogP contribution in [0.1, 0.15) is 0 Å². The third-order valence-corrected chi connectivity index (χ3v) is 0. The first-order valence-electron chi connectivity index (χ1n) is 0.756. The topological polar surface area (TPSA) is 94.5 Å². The van der Waals surface area contributed by atoms with Crippen molar-refractivity contribution in [3.63, 3.8) is 0 Å². The van der Waals surface area contributed by atoms with Crippen LogP contribution in [0, 0.1) is 0 Å². The van der Waals surface area contributed by atoms with Gasteiger partial charge in [0.25, 0.3) is 0 Å². The van der Waals surface area contributed by atoms with E-state index in [0.717, 1.165) is 0 Å². The molecule has 0 aliphatic rings. The van der Waals surface area contributed by atoms with Crippen LogP contribution in [-0.2, 0) is 0 Å². The summed E-state index contributed by atoms with van der Waals surface area (Å²) in [6, 6.07) is 0. The predicted molar refractivity (Wildman–Crippen MR) is 40.0 cm³/mol. The van der Waals surface area contributed by atoms with Crippen LogP contribution in [0.5, 0.6) is 0 Å². The Labute approximate surface area is 65.9 Å². The van der Waals surface area contributed by atoms with Gasteiger partial charge in [-0.2, -0.15) is 0 Å². The van der Waals surface area contributed by atoms with Crippen LogP contribution < -0.4 is 0 Å². The molecule has 0 aliphatic heterocycles. The van der Waals surface area contributed by atoms with Crippen LogP contribution in [0.2, 0.25) is 0 Å². The van der Waals surface area contributed by atoms with E-state index < -0.39 is 9.55 Å². The van der Waals surface area contributed by atoms with Crippen LogP contribution in [0.15, 0.2) is 0 Å². The molecular formula is H6Cl4GeO3. The number of halogens is 4. The minimum absolute atomic E-state index is 0. The molecule has 0 heterocycles. The third kappa shape index (κ3) is 131. The van der Waals surface area contributed by atoms with Gasteiger partial charge >= 0.3 is 49.6 Å². The Morgan fingerprint density at radius 1 is 0.625 bits per heavy atom. The number of rotatable bonds is 0. The Hall–Kier alpha value is 1.58. The fourth-order valence-corrected chi connectivity index (χ4v) is 0. The fourth-order valence-electron chi connectivity index (χ4n) is 0. The third-order valence-electron chi connectivity index (χ3n) is 0. The van der Waals surface area contributed by atoms with E-state index in [4.69, 9.17) is 40.0 Å². The van der Waals surface area contributed by atoms with Gasteiger partial charge in [0.15, 0.2) is 0 Å². The molecule has 3 nitrogen and oxygen atoms in total. The van der Waals surface area contributed by atoms with Gasteiger partial charge in [-0.3, -0.25) is 0 Å². The summed E-state index contributed by atoms with van der Waals surface area (Å²) >= 11 is 0. The maximum absolute atomic E-state index is 5.01. The molecule has 0 saturated carbocycles. The SMILES string of the molecule is O.O.O.[Cl][Ge]([Cl])([Cl])[Cl]. The fraction of sp³-hybridized carbons (Fsp3) is 0. The molecule has 0 fully saturated rings. The van der Waals surface area contributed by atoms with E-state index in [9.17, 15) is 0 Å². The van der Waals surface area contributed by atoms with E-state index in [-0.39, 0.29) is 16.4 Å². The van der Waals surface area contributed by atoms with Crippen molar-refractivity contribution >= 4 is 49.6 Å². The van der Waals surface area contributed by atoms with E-state index in [1.54, 1.807) is 0 Å². The van der Waals surface area contributed by atoms with Gasteiger partial charge in [-0.15, -0.1) is 0 Å². The predicted octanol–water partition coefficient (Wildman–Crippen LogP) is -0.0969. The molecule has 0 atom stereocenters. The summed E-state index contributed by atoms with van der Waals surface area (Å²) in [5.74, 6) is 0. The van der Waals surface area contributed by atoms with Crippen LogP contribution in [-0.4, -0.2) is 26.0 Å². The van der Waals surface area contributed by atoms with Crippen LogP contribution in [0.3, 0.4) is 0 Å². The molecule has 0 amide bonds. The first kappa shape index (κ1) is 22.6. The normalized spacial score (nSPS) is 7.50. The van der Waals surface area contributed by atoms with Crippen LogP contribution >= 0.6 is 40.0 Å². The molecule has 0 rings (SSSR count). The van der Waals surface area contributed by atoms with Crippen molar-refractivity contribution in [2.45, 2.75) is 0 Å². The molecule has 0 unspecified atom stereocenters. The number of hydrogen-bond acceptors (Lipinski definition) is 0. The minimum atomic E-state index is -3.11. The molecule has 0 aromatic carbocycles. The molecule has 0 aromatic heterocycles. The second-order valence-corrected chi connectivity index (χ2v) is 20.0. The van der Waals surface area contributed by atoms with Gasteiger partial charge in [0, 0.05) is 0 Å². The Bertz CT molecular complexity index is 26.8. The average molecular weight is 268 g/mol. The Morgan fingerprint density at radius 2 is 0.625 bits per heavy atom. The summed E-state index contributed by atoms with van der Waals surface area (Å²) in [6.07, 6.45) is 0. The average Bonchev–Trinajstić information content (AvgIpc) is 0.722. The van der Waals surface area contributed by atoms with Gasteiger partial charge in [-0.1, -0.05) is 0 Å². The monoisotopic (exact) mass is 268 g/mol. The van der Waals surface area contributed by atoms with Crippen molar-refractivity contribution in [3.05, 3.63) is 0 Å². The van der Waals surface area contributed by atoms with Gasteiger partial charge in [-0.25, -0.2) is 0 Å². The van der Waals surface area contributed by atoms with E-state index in [1.807, 2.05) is 0 Å². The molecule has 8 heteroatoms. The van der Waals surface area contributed by atoms with Gasteiger partial charge in [-0.05, 0) is 0 Å². The van der Waals surface area contributed by atoms with Crippen molar-refractivity contribution in [3.8, 4) is 0 Å². The quantitative estimate of drug-likeness (QED) is 0.549. The van der Waals surface area contributed by atoms with Gasteiger partial charge in [0.1, 0.15) is 0 Å². The second kappa shape index (κ2) is 8.58. The van der Waals surface area contributed by atoms with Crippen molar-refractivity contribution in [1.82, 2.24) is 0 Å². The molecule has 0 saturated heterocycles. The van der Waals surface area contributed by atoms with Crippen LogP contribution in [0.25, 0.3) is 0 Å².